The van der Waals surface area contributed by atoms with Crippen LogP contribution >= 0.6 is 11.8 Å². The molecular formula is C12H14N2OS. The van der Waals surface area contributed by atoms with E-state index in [1.54, 1.807) is 11.8 Å². The molecule has 1 aromatic heterocycles. The Bertz CT molecular complexity index is 457. The highest BCUT2D eigenvalue weighted by molar-refractivity contribution is 7.98. The Morgan fingerprint density at radius 1 is 1.25 bits per heavy atom. The van der Waals surface area contributed by atoms with Gasteiger partial charge in [0.05, 0.1) is 11.4 Å². The zero-order chi connectivity index (χ0) is 11.5. The minimum absolute atomic E-state index is 0.749. The summed E-state index contributed by atoms with van der Waals surface area (Å²) in [5.74, 6) is 2.42. The number of rotatable bonds is 3. The van der Waals surface area contributed by atoms with Crippen LogP contribution < -0.4 is 5.73 Å². The van der Waals surface area contributed by atoms with Crippen LogP contribution in [0.5, 0.6) is 0 Å². The minimum Gasteiger partial charge on any atom is -0.445 e. The fourth-order valence-corrected chi connectivity index (χ4v) is 2.05. The van der Waals surface area contributed by atoms with Gasteiger partial charge in [-0.2, -0.15) is 0 Å². The van der Waals surface area contributed by atoms with Crippen LogP contribution in [0.4, 0.5) is 5.69 Å². The lowest BCUT2D eigenvalue weighted by Gasteiger charge is -1.99. The van der Waals surface area contributed by atoms with Crippen molar-refractivity contribution in [1.82, 2.24) is 4.98 Å². The summed E-state index contributed by atoms with van der Waals surface area (Å²) in [5, 5.41) is 0. The second-order valence-corrected chi connectivity index (χ2v) is 4.66. The Kier molecular flexibility index (Phi) is 3.19. The summed E-state index contributed by atoms with van der Waals surface area (Å²) in [6.07, 6.45) is 0. The largest absolute Gasteiger partial charge is 0.445 e. The summed E-state index contributed by atoms with van der Waals surface area (Å²) >= 11 is 1.69. The summed E-state index contributed by atoms with van der Waals surface area (Å²) in [5.41, 5.74) is 7.37. The van der Waals surface area contributed by atoms with Crippen LogP contribution in [0.15, 0.2) is 33.6 Å². The number of oxazole rings is 1. The molecule has 4 heteroatoms. The summed E-state index contributed by atoms with van der Waals surface area (Å²) < 4.78 is 5.50. The fraction of sp³-hybridized carbons (Fsp3) is 0.250. The zero-order valence-electron chi connectivity index (χ0n) is 9.36. The van der Waals surface area contributed by atoms with Crippen LogP contribution in [0, 0.1) is 13.8 Å². The van der Waals surface area contributed by atoms with Gasteiger partial charge in [0.1, 0.15) is 5.76 Å². The molecule has 2 aromatic rings. The Balaban J connectivity index is 1.99. The molecule has 0 saturated heterocycles. The van der Waals surface area contributed by atoms with Crippen molar-refractivity contribution in [2.75, 3.05) is 5.73 Å². The lowest BCUT2D eigenvalue weighted by Crippen LogP contribution is -1.84. The maximum absolute atomic E-state index is 5.62. The molecule has 0 unspecified atom stereocenters. The molecule has 0 radical (unpaired) electrons. The van der Waals surface area contributed by atoms with Gasteiger partial charge >= 0.3 is 0 Å². The van der Waals surface area contributed by atoms with Crippen LogP contribution in [0.25, 0.3) is 0 Å². The monoisotopic (exact) mass is 234 g/mol. The molecule has 0 fully saturated rings. The predicted molar refractivity (Wildman–Crippen MR) is 66.4 cm³/mol. The van der Waals surface area contributed by atoms with Crippen LogP contribution in [-0.2, 0) is 5.75 Å². The topological polar surface area (TPSA) is 52.0 Å². The first-order chi connectivity index (χ1) is 7.65. The fourth-order valence-electron chi connectivity index (χ4n) is 1.31. The Morgan fingerprint density at radius 2 is 1.94 bits per heavy atom. The van der Waals surface area contributed by atoms with Gasteiger partial charge in [-0.1, -0.05) is 0 Å². The van der Waals surface area contributed by atoms with Gasteiger partial charge < -0.3 is 10.2 Å². The highest BCUT2D eigenvalue weighted by atomic mass is 32.2. The van der Waals surface area contributed by atoms with Crippen molar-refractivity contribution in [3.63, 3.8) is 0 Å². The number of hydrogen-bond donors (Lipinski definition) is 1. The molecule has 2 N–H and O–H groups in total. The van der Waals surface area contributed by atoms with E-state index in [1.165, 1.54) is 4.90 Å². The van der Waals surface area contributed by atoms with Gasteiger partial charge in [-0.15, -0.1) is 11.8 Å². The lowest BCUT2D eigenvalue weighted by atomic mass is 10.3. The Labute approximate surface area is 99.1 Å². The molecule has 0 aliphatic carbocycles. The maximum Gasteiger partial charge on any atom is 0.204 e. The van der Waals surface area contributed by atoms with Gasteiger partial charge in [-0.3, -0.25) is 0 Å². The van der Waals surface area contributed by atoms with Gasteiger partial charge in [0.15, 0.2) is 0 Å². The number of nitrogens with two attached hydrogens (primary N) is 1. The van der Waals surface area contributed by atoms with Gasteiger partial charge in [0, 0.05) is 10.6 Å². The number of nitrogen functional groups attached to an aromatic ring is 1. The van der Waals surface area contributed by atoms with Crippen molar-refractivity contribution in [2.45, 2.75) is 24.5 Å². The number of aromatic nitrogens is 1. The molecular weight excluding hydrogens is 220 g/mol. The Morgan fingerprint density at radius 3 is 2.50 bits per heavy atom. The van der Waals surface area contributed by atoms with E-state index in [2.05, 4.69) is 4.98 Å². The second-order valence-electron chi connectivity index (χ2n) is 3.61. The smallest absolute Gasteiger partial charge is 0.204 e. The molecule has 2 rings (SSSR count). The van der Waals surface area contributed by atoms with Gasteiger partial charge in [0.25, 0.3) is 0 Å². The highest BCUT2D eigenvalue weighted by Crippen LogP contribution is 2.24. The first-order valence-corrected chi connectivity index (χ1v) is 6.05. The molecule has 0 spiro atoms. The third-order valence-electron chi connectivity index (χ3n) is 2.32. The molecule has 0 aliphatic rings. The van der Waals surface area contributed by atoms with Crippen molar-refractivity contribution in [3.05, 3.63) is 41.6 Å². The van der Waals surface area contributed by atoms with E-state index in [9.17, 15) is 0 Å². The normalized spacial score (nSPS) is 10.6. The van der Waals surface area contributed by atoms with Crippen molar-refractivity contribution in [2.24, 2.45) is 0 Å². The zero-order valence-corrected chi connectivity index (χ0v) is 10.2. The van der Waals surface area contributed by atoms with Gasteiger partial charge in [-0.05, 0) is 38.1 Å². The number of hydrogen-bond acceptors (Lipinski definition) is 4. The second kappa shape index (κ2) is 4.61. The van der Waals surface area contributed by atoms with E-state index >= 15 is 0 Å². The van der Waals surface area contributed by atoms with E-state index in [1.807, 2.05) is 38.1 Å². The molecule has 1 aromatic carbocycles. The predicted octanol–water partition coefficient (Wildman–Crippen LogP) is 3.17. The van der Waals surface area contributed by atoms with Crippen LogP contribution in [0.2, 0.25) is 0 Å². The summed E-state index contributed by atoms with van der Waals surface area (Å²) in [6, 6.07) is 7.80. The van der Waals surface area contributed by atoms with E-state index in [4.69, 9.17) is 10.2 Å². The van der Waals surface area contributed by atoms with Crippen LogP contribution in [-0.4, -0.2) is 4.98 Å². The third kappa shape index (κ3) is 2.58. The first kappa shape index (κ1) is 11.1. The Hall–Kier alpha value is -1.42. The third-order valence-corrected chi connectivity index (χ3v) is 3.31. The molecule has 16 heavy (non-hydrogen) atoms. The van der Waals surface area contributed by atoms with Crippen molar-refractivity contribution < 1.29 is 4.42 Å². The van der Waals surface area contributed by atoms with E-state index in [0.29, 0.717) is 0 Å². The van der Waals surface area contributed by atoms with Crippen molar-refractivity contribution >= 4 is 17.4 Å². The van der Waals surface area contributed by atoms with E-state index < -0.39 is 0 Å². The van der Waals surface area contributed by atoms with E-state index in [0.717, 1.165) is 28.8 Å². The maximum atomic E-state index is 5.62. The number of thioether (sulfide) groups is 1. The first-order valence-electron chi connectivity index (χ1n) is 5.06. The average molecular weight is 234 g/mol. The summed E-state index contributed by atoms with van der Waals surface area (Å²) in [7, 11) is 0. The van der Waals surface area contributed by atoms with E-state index in [-0.39, 0.29) is 0 Å². The minimum atomic E-state index is 0.749. The number of benzene rings is 1. The lowest BCUT2D eigenvalue weighted by molar-refractivity contribution is 0.489. The quantitative estimate of drug-likeness (QED) is 0.654. The number of anilines is 1. The molecule has 0 amide bonds. The summed E-state index contributed by atoms with van der Waals surface area (Å²) in [4.78, 5) is 5.50. The van der Waals surface area contributed by atoms with Gasteiger partial charge in [-0.25, -0.2) is 4.98 Å². The summed E-state index contributed by atoms with van der Waals surface area (Å²) in [6.45, 7) is 3.88. The molecule has 0 aliphatic heterocycles. The van der Waals surface area contributed by atoms with Crippen LogP contribution in [0.3, 0.4) is 0 Å². The molecule has 0 saturated carbocycles. The van der Waals surface area contributed by atoms with Crippen molar-refractivity contribution in [3.8, 4) is 0 Å². The number of nitrogens with zero attached hydrogens (tertiary/aromatic N) is 1. The molecule has 1 heterocycles. The molecule has 0 atom stereocenters. The van der Waals surface area contributed by atoms with Crippen molar-refractivity contribution in [1.29, 1.82) is 0 Å². The van der Waals surface area contributed by atoms with Crippen LogP contribution in [0.1, 0.15) is 17.3 Å². The highest BCUT2D eigenvalue weighted by Gasteiger charge is 2.05. The molecule has 0 bridgehead atoms. The SMILES string of the molecule is Cc1nc(CSc2ccc(N)cc2)oc1C. The standard InChI is InChI=1S/C12H14N2OS/c1-8-9(2)15-12(14-8)7-16-11-5-3-10(13)4-6-11/h3-6H,7,13H2,1-2H3. The number of aryl methyl sites for hydroxylation is 2. The van der Waals surface area contributed by atoms with Gasteiger partial charge in [0.2, 0.25) is 5.89 Å². The molecule has 84 valence electrons. The molecule has 3 nitrogen and oxygen atoms in total. The average Bonchev–Trinajstić information content (AvgIpc) is 2.58.